The summed E-state index contributed by atoms with van der Waals surface area (Å²) in [5.74, 6) is 1.15. The summed E-state index contributed by atoms with van der Waals surface area (Å²) in [6.45, 7) is 0.199. The van der Waals surface area contributed by atoms with Crippen LogP contribution in [0.25, 0.3) is 11.2 Å². The van der Waals surface area contributed by atoms with E-state index in [4.69, 9.17) is 5.73 Å². The quantitative estimate of drug-likeness (QED) is 0.629. The monoisotopic (exact) mass is 248 g/mol. The number of imidazole rings is 1. The van der Waals surface area contributed by atoms with Crippen LogP contribution >= 0.6 is 0 Å². The molecule has 0 bridgehead atoms. The first kappa shape index (κ1) is 11.2. The van der Waals surface area contributed by atoms with Crippen LogP contribution in [0.2, 0.25) is 0 Å². The summed E-state index contributed by atoms with van der Waals surface area (Å²) in [5.41, 5.74) is 6.98. The Balaban J connectivity index is 1.92. The van der Waals surface area contributed by atoms with E-state index in [-0.39, 0.29) is 24.5 Å². The van der Waals surface area contributed by atoms with Crippen molar-refractivity contribution < 1.29 is 5.11 Å². The number of nitrogens with zero attached hydrogens (tertiary/aromatic N) is 3. The Kier molecular flexibility index (Phi) is 2.75. The van der Waals surface area contributed by atoms with Gasteiger partial charge in [-0.2, -0.15) is 9.97 Å². The third-order valence-corrected chi connectivity index (χ3v) is 3.52. The summed E-state index contributed by atoms with van der Waals surface area (Å²) >= 11 is 0. The number of hydrogen-bond acceptors (Lipinski definition) is 6. The largest absolute Gasteiger partial charge is 0.396 e. The number of aliphatic hydroxyl groups excluding tert-OH is 1. The maximum atomic E-state index is 9.32. The fourth-order valence-corrected chi connectivity index (χ4v) is 2.58. The lowest BCUT2D eigenvalue weighted by molar-refractivity contribution is 0.222. The van der Waals surface area contributed by atoms with Crippen LogP contribution in [0.1, 0.15) is 19.3 Å². The predicted molar refractivity (Wildman–Crippen MR) is 67.9 cm³/mol. The van der Waals surface area contributed by atoms with E-state index >= 15 is 0 Å². The zero-order valence-corrected chi connectivity index (χ0v) is 9.93. The standard InChI is InChI=1S/C11H16N6O/c12-11-16-9-8(13-5-14-9)10(17-11)15-7-3-1-2-6(7)4-18/h5-7,18H,1-4H2,(H4,12,13,14,15,16,17). The van der Waals surface area contributed by atoms with E-state index < -0.39 is 0 Å². The van der Waals surface area contributed by atoms with E-state index in [2.05, 4.69) is 25.3 Å². The highest BCUT2D eigenvalue weighted by Crippen LogP contribution is 2.29. The van der Waals surface area contributed by atoms with E-state index in [9.17, 15) is 5.11 Å². The molecule has 0 amide bonds. The van der Waals surface area contributed by atoms with Gasteiger partial charge in [-0.25, -0.2) is 4.98 Å². The minimum Gasteiger partial charge on any atom is -0.396 e. The average molecular weight is 248 g/mol. The van der Waals surface area contributed by atoms with Gasteiger partial charge in [0.05, 0.1) is 6.33 Å². The van der Waals surface area contributed by atoms with E-state index in [0.29, 0.717) is 11.5 Å². The lowest BCUT2D eigenvalue weighted by Crippen LogP contribution is -2.27. The summed E-state index contributed by atoms with van der Waals surface area (Å²) in [7, 11) is 0. The molecule has 2 aromatic rings. The Bertz CT molecular complexity index is 553. The summed E-state index contributed by atoms with van der Waals surface area (Å²) in [4.78, 5) is 15.3. The number of fused-ring (bicyclic) bond motifs is 1. The van der Waals surface area contributed by atoms with Crippen molar-refractivity contribution >= 4 is 22.9 Å². The van der Waals surface area contributed by atoms with Crippen LogP contribution < -0.4 is 11.1 Å². The van der Waals surface area contributed by atoms with Gasteiger partial charge in [-0.15, -0.1) is 0 Å². The van der Waals surface area contributed by atoms with Crippen LogP contribution in [0, 0.1) is 5.92 Å². The van der Waals surface area contributed by atoms with Crippen LogP contribution in [0.5, 0.6) is 0 Å². The molecule has 18 heavy (non-hydrogen) atoms. The zero-order valence-electron chi connectivity index (χ0n) is 9.93. The number of nitrogens with one attached hydrogen (secondary N) is 2. The molecule has 0 aromatic carbocycles. The molecule has 96 valence electrons. The molecule has 0 spiro atoms. The highest BCUT2D eigenvalue weighted by molar-refractivity contribution is 5.83. The second kappa shape index (κ2) is 4.41. The molecule has 3 rings (SSSR count). The van der Waals surface area contributed by atoms with Crippen molar-refractivity contribution in [2.24, 2.45) is 5.92 Å². The Morgan fingerprint density at radius 1 is 1.44 bits per heavy atom. The Hall–Kier alpha value is -1.89. The van der Waals surface area contributed by atoms with Gasteiger partial charge in [-0.3, -0.25) is 0 Å². The van der Waals surface area contributed by atoms with Gasteiger partial charge >= 0.3 is 0 Å². The highest BCUT2D eigenvalue weighted by Gasteiger charge is 2.27. The van der Waals surface area contributed by atoms with Crippen LogP contribution in [0.3, 0.4) is 0 Å². The molecule has 1 aliphatic rings. The molecule has 7 nitrogen and oxygen atoms in total. The first-order valence-corrected chi connectivity index (χ1v) is 6.12. The van der Waals surface area contributed by atoms with Gasteiger partial charge in [0.15, 0.2) is 11.5 Å². The first-order valence-electron chi connectivity index (χ1n) is 6.12. The number of nitrogen functional groups attached to an aromatic ring is 1. The molecule has 1 fully saturated rings. The number of anilines is 2. The maximum Gasteiger partial charge on any atom is 0.224 e. The van der Waals surface area contributed by atoms with Crippen molar-refractivity contribution in [2.45, 2.75) is 25.3 Å². The van der Waals surface area contributed by atoms with Crippen LogP contribution in [-0.2, 0) is 0 Å². The summed E-state index contributed by atoms with van der Waals surface area (Å²) in [6, 6.07) is 0.232. The van der Waals surface area contributed by atoms with Gasteiger partial charge in [-0.1, -0.05) is 6.42 Å². The molecule has 0 aliphatic heterocycles. The third-order valence-electron chi connectivity index (χ3n) is 3.52. The summed E-state index contributed by atoms with van der Waals surface area (Å²) in [5, 5.41) is 12.7. The number of aliphatic hydroxyl groups is 1. The minimum absolute atomic E-state index is 0.199. The van der Waals surface area contributed by atoms with Crippen molar-refractivity contribution in [3.63, 3.8) is 0 Å². The van der Waals surface area contributed by atoms with Crippen molar-refractivity contribution in [1.29, 1.82) is 0 Å². The van der Waals surface area contributed by atoms with Gasteiger partial charge in [0.1, 0.15) is 5.52 Å². The average Bonchev–Trinajstić information content (AvgIpc) is 2.96. The minimum atomic E-state index is 0.199. The Morgan fingerprint density at radius 2 is 2.33 bits per heavy atom. The molecule has 2 heterocycles. The first-order chi connectivity index (χ1) is 8.78. The van der Waals surface area contributed by atoms with Crippen LogP contribution in [0.15, 0.2) is 6.33 Å². The molecule has 0 saturated heterocycles. The van der Waals surface area contributed by atoms with Crippen LogP contribution in [-0.4, -0.2) is 37.7 Å². The zero-order chi connectivity index (χ0) is 12.5. The second-order valence-corrected chi connectivity index (χ2v) is 4.66. The molecule has 2 aromatic heterocycles. The van der Waals surface area contributed by atoms with E-state index in [0.717, 1.165) is 24.8 Å². The topological polar surface area (TPSA) is 113 Å². The summed E-state index contributed by atoms with van der Waals surface area (Å²) < 4.78 is 0. The van der Waals surface area contributed by atoms with Crippen molar-refractivity contribution in [3.05, 3.63) is 6.33 Å². The number of rotatable bonds is 3. The van der Waals surface area contributed by atoms with Crippen molar-refractivity contribution in [2.75, 3.05) is 17.7 Å². The fourth-order valence-electron chi connectivity index (χ4n) is 2.58. The van der Waals surface area contributed by atoms with E-state index in [1.54, 1.807) is 6.33 Å². The second-order valence-electron chi connectivity index (χ2n) is 4.66. The van der Waals surface area contributed by atoms with Gasteiger partial charge in [0.25, 0.3) is 0 Å². The molecule has 7 heteroatoms. The van der Waals surface area contributed by atoms with Gasteiger partial charge in [0, 0.05) is 18.6 Å². The lowest BCUT2D eigenvalue weighted by Gasteiger charge is -2.19. The molecular weight excluding hydrogens is 232 g/mol. The molecule has 0 radical (unpaired) electrons. The maximum absolute atomic E-state index is 9.32. The molecule has 5 N–H and O–H groups in total. The van der Waals surface area contributed by atoms with E-state index in [1.807, 2.05) is 0 Å². The number of H-pyrrole nitrogens is 1. The fraction of sp³-hybridized carbons (Fsp3) is 0.545. The molecule has 2 unspecified atom stereocenters. The number of aromatic amines is 1. The van der Waals surface area contributed by atoms with E-state index in [1.165, 1.54) is 0 Å². The Morgan fingerprint density at radius 3 is 3.17 bits per heavy atom. The predicted octanol–water partition coefficient (Wildman–Crippen LogP) is 0.508. The SMILES string of the molecule is Nc1nc(NC2CCCC2CO)c2[nH]cnc2n1. The summed E-state index contributed by atoms with van der Waals surface area (Å²) in [6.07, 6.45) is 4.77. The van der Waals surface area contributed by atoms with Crippen molar-refractivity contribution in [3.8, 4) is 0 Å². The Labute approximate surface area is 104 Å². The lowest BCUT2D eigenvalue weighted by atomic mass is 10.1. The number of hydrogen-bond donors (Lipinski definition) is 4. The highest BCUT2D eigenvalue weighted by atomic mass is 16.3. The molecule has 1 saturated carbocycles. The number of aromatic nitrogens is 4. The number of nitrogens with two attached hydrogens (primary N) is 1. The normalized spacial score (nSPS) is 23.6. The van der Waals surface area contributed by atoms with Crippen molar-refractivity contribution in [1.82, 2.24) is 19.9 Å². The molecular formula is C11H16N6O. The molecule has 1 aliphatic carbocycles. The molecule has 2 atom stereocenters. The van der Waals surface area contributed by atoms with Gasteiger partial charge in [-0.05, 0) is 12.8 Å². The smallest absolute Gasteiger partial charge is 0.224 e. The van der Waals surface area contributed by atoms with Crippen LogP contribution in [0.4, 0.5) is 11.8 Å². The van der Waals surface area contributed by atoms with Gasteiger partial charge < -0.3 is 21.1 Å². The van der Waals surface area contributed by atoms with Gasteiger partial charge in [0.2, 0.25) is 5.95 Å². The third kappa shape index (κ3) is 1.86.